The quantitative estimate of drug-likeness (QED) is 0.677. The third-order valence-corrected chi connectivity index (χ3v) is 3.63. The zero-order valence-electron chi connectivity index (χ0n) is 11.7. The van der Waals surface area contributed by atoms with E-state index in [2.05, 4.69) is 4.98 Å². The van der Waals surface area contributed by atoms with Crippen molar-refractivity contribution in [3.8, 4) is 11.4 Å². The van der Waals surface area contributed by atoms with Crippen LogP contribution in [0, 0.1) is 12.7 Å². The second kappa shape index (κ2) is 5.37. The molecule has 3 rings (SSSR count). The summed E-state index contributed by atoms with van der Waals surface area (Å²) < 4.78 is 20.6. The normalized spacial score (nSPS) is 11.0. The second-order valence-corrected chi connectivity index (χ2v) is 5.08. The molecule has 0 bridgehead atoms. The highest BCUT2D eigenvalue weighted by molar-refractivity contribution is 6.17. The maximum atomic E-state index is 13.6. The Hall–Kier alpha value is -2.07. The smallest absolute Gasteiger partial charge is 0.165 e. The molecule has 0 radical (unpaired) electrons. The molecule has 0 unspecified atom stereocenters. The van der Waals surface area contributed by atoms with Crippen LogP contribution in [0.3, 0.4) is 0 Å². The largest absolute Gasteiger partial charge is 0.494 e. The molecule has 0 atom stereocenters. The van der Waals surface area contributed by atoms with Gasteiger partial charge in [-0.2, -0.15) is 0 Å². The molecule has 0 fully saturated rings. The summed E-state index contributed by atoms with van der Waals surface area (Å²) in [6.45, 7) is 2.02. The van der Waals surface area contributed by atoms with Gasteiger partial charge in [-0.05, 0) is 36.8 Å². The van der Waals surface area contributed by atoms with Gasteiger partial charge in [0.15, 0.2) is 11.6 Å². The van der Waals surface area contributed by atoms with Gasteiger partial charge in [-0.3, -0.25) is 4.57 Å². The lowest BCUT2D eigenvalue weighted by atomic mass is 10.2. The van der Waals surface area contributed by atoms with E-state index in [9.17, 15) is 4.39 Å². The molecule has 0 saturated heterocycles. The Kier molecular flexibility index (Phi) is 3.55. The number of rotatable bonds is 3. The van der Waals surface area contributed by atoms with Gasteiger partial charge in [0.05, 0.1) is 29.7 Å². The molecule has 0 N–H and O–H groups in total. The number of nitrogens with zero attached hydrogens (tertiary/aromatic N) is 2. The first-order valence-electron chi connectivity index (χ1n) is 6.52. The lowest BCUT2D eigenvalue weighted by molar-refractivity contribution is 0.386. The van der Waals surface area contributed by atoms with Crippen LogP contribution >= 0.6 is 11.6 Å². The molecule has 3 aromatic rings. The number of alkyl halides is 1. The van der Waals surface area contributed by atoms with E-state index in [0.717, 1.165) is 22.3 Å². The molecule has 5 heteroatoms. The first-order valence-corrected chi connectivity index (χ1v) is 7.05. The Labute approximate surface area is 126 Å². The van der Waals surface area contributed by atoms with Gasteiger partial charge in [0.1, 0.15) is 5.82 Å². The van der Waals surface area contributed by atoms with Crippen molar-refractivity contribution < 1.29 is 9.13 Å². The molecular formula is C16H14ClFN2O. The first kappa shape index (κ1) is 13.9. The zero-order valence-corrected chi connectivity index (χ0v) is 12.5. The molecule has 0 aliphatic heterocycles. The Balaban J connectivity index is 2.30. The highest BCUT2D eigenvalue weighted by atomic mass is 35.5. The topological polar surface area (TPSA) is 27.1 Å². The van der Waals surface area contributed by atoms with Gasteiger partial charge in [0.25, 0.3) is 0 Å². The van der Waals surface area contributed by atoms with Crippen molar-refractivity contribution in [1.82, 2.24) is 9.55 Å². The molecule has 3 nitrogen and oxygen atoms in total. The molecule has 0 saturated carbocycles. The highest BCUT2D eigenvalue weighted by Crippen LogP contribution is 2.27. The van der Waals surface area contributed by atoms with E-state index < -0.39 is 5.82 Å². The zero-order chi connectivity index (χ0) is 15.0. The summed E-state index contributed by atoms with van der Waals surface area (Å²) in [5, 5.41) is 0. The van der Waals surface area contributed by atoms with E-state index in [4.69, 9.17) is 16.3 Å². The molecule has 1 heterocycles. The van der Waals surface area contributed by atoms with Crippen LogP contribution in [0.4, 0.5) is 4.39 Å². The highest BCUT2D eigenvalue weighted by Gasteiger charge is 2.13. The van der Waals surface area contributed by atoms with Crippen LogP contribution in [0.15, 0.2) is 36.4 Å². The van der Waals surface area contributed by atoms with Gasteiger partial charge >= 0.3 is 0 Å². The van der Waals surface area contributed by atoms with E-state index in [1.165, 1.54) is 13.2 Å². The third kappa shape index (κ3) is 2.36. The lowest BCUT2D eigenvalue weighted by Crippen LogP contribution is -2.00. The van der Waals surface area contributed by atoms with Crippen molar-refractivity contribution >= 4 is 22.6 Å². The van der Waals surface area contributed by atoms with Crippen molar-refractivity contribution in [3.05, 3.63) is 53.6 Å². The SMILES string of the molecule is COc1cc(-n2c(CCl)nc3ccc(C)cc32)ccc1F. The molecule has 2 aromatic carbocycles. The van der Waals surface area contributed by atoms with Gasteiger partial charge in [-0.25, -0.2) is 9.37 Å². The maximum absolute atomic E-state index is 13.6. The summed E-state index contributed by atoms with van der Waals surface area (Å²) in [6.07, 6.45) is 0. The number of ether oxygens (including phenoxy) is 1. The number of imidazole rings is 1. The predicted octanol–water partition coefficient (Wildman–Crippen LogP) is 4.22. The van der Waals surface area contributed by atoms with E-state index in [1.807, 2.05) is 29.7 Å². The maximum Gasteiger partial charge on any atom is 0.165 e. The Bertz CT molecular complexity index is 813. The molecule has 0 aliphatic carbocycles. The molecule has 0 amide bonds. The first-order chi connectivity index (χ1) is 10.1. The summed E-state index contributed by atoms with van der Waals surface area (Å²) in [7, 11) is 1.45. The van der Waals surface area contributed by atoms with Gasteiger partial charge < -0.3 is 4.74 Å². The number of halogens is 2. The minimum atomic E-state index is -0.394. The number of aromatic nitrogens is 2. The van der Waals surface area contributed by atoms with E-state index >= 15 is 0 Å². The fourth-order valence-electron chi connectivity index (χ4n) is 2.40. The number of aryl methyl sites for hydroxylation is 1. The van der Waals surface area contributed by atoms with Crippen molar-refractivity contribution in [3.63, 3.8) is 0 Å². The molecule has 0 aliphatic rings. The average molecular weight is 305 g/mol. The minimum absolute atomic E-state index is 0.197. The number of methoxy groups -OCH3 is 1. The number of fused-ring (bicyclic) bond motifs is 1. The van der Waals surface area contributed by atoms with Crippen molar-refractivity contribution in [1.29, 1.82) is 0 Å². The summed E-state index contributed by atoms with van der Waals surface area (Å²) in [4.78, 5) is 4.52. The minimum Gasteiger partial charge on any atom is -0.494 e. The van der Waals surface area contributed by atoms with E-state index in [0.29, 0.717) is 5.82 Å². The fraction of sp³-hybridized carbons (Fsp3) is 0.188. The van der Waals surface area contributed by atoms with Crippen molar-refractivity contribution in [2.24, 2.45) is 0 Å². The van der Waals surface area contributed by atoms with Crippen molar-refractivity contribution in [2.45, 2.75) is 12.8 Å². The van der Waals surface area contributed by atoms with E-state index in [-0.39, 0.29) is 11.6 Å². The molecule has 108 valence electrons. The summed E-state index contributed by atoms with van der Waals surface area (Å²) in [5.74, 6) is 0.788. The Morgan fingerprint density at radius 2 is 2.05 bits per heavy atom. The standard InChI is InChI=1S/C16H14ClFN2O/c1-10-3-6-13-14(7-10)20(16(9-17)19-13)11-4-5-12(18)15(8-11)21-2/h3-8H,9H2,1-2H3. The van der Waals surface area contributed by atoms with Crippen LogP contribution in [-0.4, -0.2) is 16.7 Å². The molecule has 0 spiro atoms. The molecule has 21 heavy (non-hydrogen) atoms. The van der Waals surface area contributed by atoms with Crippen LogP contribution in [0.1, 0.15) is 11.4 Å². The monoisotopic (exact) mass is 304 g/mol. The van der Waals surface area contributed by atoms with E-state index in [1.54, 1.807) is 12.1 Å². The van der Waals surface area contributed by atoms with Crippen LogP contribution < -0.4 is 4.74 Å². The van der Waals surface area contributed by atoms with Gasteiger partial charge in [-0.1, -0.05) is 6.07 Å². The summed E-state index contributed by atoms with van der Waals surface area (Å²) >= 11 is 6.01. The molecule has 1 aromatic heterocycles. The average Bonchev–Trinajstić information content (AvgIpc) is 2.85. The lowest BCUT2D eigenvalue weighted by Gasteiger charge is -2.10. The second-order valence-electron chi connectivity index (χ2n) is 4.81. The fourth-order valence-corrected chi connectivity index (χ4v) is 2.58. The van der Waals surface area contributed by atoms with Crippen LogP contribution in [0.25, 0.3) is 16.7 Å². The molecular weight excluding hydrogens is 291 g/mol. The van der Waals surface area contributed by atoms with Crippen LogP contribution in [-0.2, 0) is 5.88 Å². The summed E-state index contributed by atoms with van der Waals surface area (Å²) in [6, 6.07) is 10.7. The number of benzene rings is 2. The van der Waals surface area contributed by atoms with Crippen LogP contribution in [0.5, 0.6) is 5.75 Å². The summed E-state index contributed by atoms with van der Waals surface area (Å²) in [5.41, 5.74) is 3.70. The van der Waals surface area contributed by atoms with Gasteiger partial charge in [0.2, 0.25) is 0 Å². The predicted molar refractivity (Wildman–Crippen MR) is 81.9 cm³/mol. The van der Waals surface area contributed by atoms with Crippen molar-refractivity contribution in [2.75, 3.05) is 7.11 Å². The van der Waals surface area contributed by atoms with Crippen LogP contribution in [0.2, 0.25) is 0 Å². The Morgan fingerprint density at radius 3 is 2.76 bits per heavy atom. The van der Waals surface area contributed by atoms with Gasteiger partial charge in [0, 0.05) is 6.07 Å². The third-order valence-electron chi connectivity index (χ3n) is 3.39. The Morgan fingerprint density at radius 1 is 1.24 bits per heavy atom. The number of hydrogen-bond donors (Lipinski definition) is 0. The van der Waals surface area contributed by atoms with Gasteiger partial charge in [-0.15, -0.1) is 11.6 Å². The number of hydrogen-bond acceptors (Lipinski definition) is 2.